The van der Waals surface area contributed by atoms with Crippen LogP contribution < -0.4 is 0 Å². The molecule has 1 heteroatoms. The molecule has 0 aromatic rings. The molecule has 0 unspecified atom stereocenters. The monoisotopic (exact) mass is 170 g/mol. The molecule has 0 aliphatic carbocycles. The van der Waals surface area contributed by atoms with Crippen LogP contribution in [-0.4, -0.2) is 11.7 Å². The summed E-state index contributed by atoms with van der Waals surface area (Å²) in [6.45, 7) is 8.83. The van der Waals surface area contributed by atoms with Crippen LogP contribution in [0.1, 0.15) is 47.0 Å². The Hall–Kier alpha value is -0.300. The summed E-state index contributed by atoms with van der Waals surface area (Å²) in [5, 5.41) is 8.86. The van der Waals surface area contributed by atoms with E-state index >= 15 is 0 Å². The van der Waals surface area contributed by atoms with E-state index in [2.05, 4.69) is 20.8 Å². The van der Waals surface area contributed by atoms with Gasteiger partial charge in [0.2, 0.25) is 0 Å². The first-order chi connectivity index (χ1) is 5.57. The zero-order valence-electron chi connectivity index (χ0n) is 8.85. The van der Waals surface area contributed by atoms with Gasteiger partial charge in [-0.25, -0.2) is 0 Å². The van der Waals surface area contributed by atoms with Crippen LogP contribution in [0.3, 0.4) is 0 Å². The van der Waals surface area contributed by atoms with Crippen molar-refractivity contribution in [3.63, 3.8) is 0 Å². The molecule has 0 aliphatic heterocycles. The maximum absolute atomic E-state index is 8.86. The summed E-state index contributed by atoms with van der Waals surface area (Å²) in [5.74, 6) is 0.798. The summed E-state index contributed by atoms with van der Waals surface area (Å²) >= 11 is 0. The summed E-state index contributed by atoms with van der Waals surface area (Å²) in [7, 11) is 0. The Morgan fingerprint density at radius 3 is 2.17 bits per heavy atom. The quantitative estimate of drug-likeness (QED) is 0.628. The van der Waals surface area contributed by atoms with Crippen LogP contribution in [0.4, 0.5) is 0 Å². The van der Waals surface area contributed by atoms with E-state index in [-0.39, 0.29) is 6.61 Å². The van der Waals surface area contributed by atoms with E-state index in [0.717, 1.165) is 17.9 Å². The third kappa shape index (κ3) is 5.36. The zero-order valence-corrected chi connectivity index (χ0v) is 8.85. The standard InChI is InChI=1S/C11H22O/c1-9(2)6-5-7-10(3)11(4)8-12/h9,12H,5-8H2,1-4H3. The Kier molecular flexibility index (Phi) is 6.09. The summed E-state index contributed by atoms with van der Waals surface area (Å²) in [5.41, 5.74) is 2.50. The maximum Gasteiger partial charge on any atom is 0.0641 e. The highest BCUT2D eigenvalue weighted by molar-refractivity contribution is 5.09. The molecule has 1 nitrogen and oxygen atoms in total. The molecule has 0 fully saturated rings. The minimum absolute atomic E-state index is 0.216. The SMILES string of the molecule is CC(CO)=C(C)CCCC(C)C. The van der Waals surface area contributed by atoms with Crippen molar-refractivity contribution >= 4 is 0 Å². The van der Waals surface area contributed by atoms with E-state index in [0.29, 0.717) is 0 Å². The van der Waals surface area contributed by atoms with Gasteiger partial charge in [0.15, 0.2) is 0 Å². The van der Waals surface area contributed by atoms with Gasteiger partial charge in [0.25, 0.3) is 0 Å². The summed E-state index contributed by atoms with van der Waals surface area (Å²) in [6, 6.07) is 0. The Labute approximate surface area is 76.5 Å². The fourth-order valence-corrected chi connectivity index (χ4v) is 1.12. The summed E-state index contributed by atoms with van der Waals surface area (Å²) < 4.78 is 0. The Morgan fingerprint density at radius 2 is 1.75 bits per heavy atom. The van der Waals surface area contributed by atoms with Crippen molar-refractivity contribution in [1.82, 2.24) is 0 Å². The van der Waals surface area contributed by atoms with E-state index in [1.165, 1.54) is 18.4 Å². The molecule has 0 radical (unpaired) electrons. The largest absolute Gasteiger partial charge is 0.392 e. The van der Waals surface area contributed by atoms with Gasteiger partial charge in [-0.3, -0.25) is 0 Å². The van der Waals surface area contributed by atoms with E-state index in [1.54, 1.807) is 0 Å². The normalized spacial score (nSPS) is 13.5. The van der Waals surface area contributed by atoms with Crippen LogP contribution >= 0.6 is 0 Å². The molecule has 0 saturated carbocycles. The van der Waals surface area contributed by atoms with Crippen molar-refractivity contribution in [1.29, 1.82) is 0 Å². The first-order valence-electron chi connectivity index (χ1n) is 4.84. The number of hydrogen-bond acceptors (Lipinski definition) is 1. The van der Waals surface area contributed by atoms with Gasteiger partial charge in [-0.05, 0) is 38.2 Å². The van der Waals surface area contributed by atoms with Crippen molar-refractivity contribution in [2.24, 2.45) is 5.92 Å². The highest BCUT2D eigenvalue weighted by atomic mass is 16.3. The molecule has 72 valence electrons. The van der Waals surface area contributed by atoms with Crippen LogP contribution in [0.2, 0.25) is 0 Å². The van der Waals surface area contributed by atoms with Crippen LogP contribution in [0.5, 0.6) is 0 Å². The minimum Gasteiger partial charge on any atom is -0.392 e. The molecule has 1 N–H and O–H groups in total. The Morgan fingerprint density at radius 1 is 1.17 bits per heavy atom. The lowest BCUT2D eigenvalue weighted by molar-refractivity contribution is 0.329. The molecule has 0 atom stereocenters. The van der Waals surface area contributed by atoms with Crippen LogP contribution in [0, 0.1) is 5.92 Å². The van der Waals surface area contributed by atoms with Crippen molar-refractivity contribution in [3.05, 3.63) is 11.1 Å². The van der Waals surface area contributed by atoms with E-state index in [9.17, 15) is 0 Å². The highest BCUT2D eigenvalue weighted by Crippen LogP contribution is 2.14. The molecular formula is C11H22O. The van der Waals surface area contributed by atoms with Crippen LogP contribution in [0.15, 0.2) is 11.1 Å². The third-order valence-electron chi connectivity index (χ3n) is 2.30. The van der Waals surface area contributed by atoms with Crippen molar-refractivity contribution in [2.45, 2.75) is 47.0 Å². The number of aliphatic hydroxyl groups is 1. The average molecular weight is 170 g/mol. The van der Waals surface area contributed by atoms with Gasteiger partial charge in [-0.1, -0.05) is 25.8 Å². The summed E-state index contributed by atoms with van der Waals surface area (Å²) in [6.07, 6.45) is 3.68. The molecule has 0 saturated heterocycles. The second kappa shape index (κ2) is 6.24. The molecule has 0 amide bonds. The molecule has 0 rings (SSSR count). The van der Waals surface area contributed by atoms with Crippen molar-refractivity contribution in [2.75, 3.05) is 6.61 Å². The number of hydrogen-bond donors (Lipinski definition) is 1. The molecule has 0 spiro atoms. The lowest BCUT2D eigenvalue weighted by Gasteiger charge is -2.06. The average Bonchev–Trinajstić information content (AvgIpc) is 2.02. The van der Waals surface area contributed by atoms with Crippen molar-refractivity contribution in [3.8, 4) is 0 Å². The van der Waals surface area contributed by atoms with Gasteiger partial charge in [0, 0.05) is 0 Å². The fourth-order valence-electron chi connectivity index (χ4n) is 1.12. The highest BCUT2D eigenvalue weighted by Gasteiger charge is 1.97. The summed E-state index contributed by atoms with van der Waals surface area (Å²) in [4.78, 5) is 0. The smallest absolute Gasteiger partial charge is 0.0641 e. The van der Waals surface area contributed by atoms with E-state index < -0.39 is 0 Å². The molecule has 0 aliphatic rings. The molecule has 12 heavy (non-hydrogen) atoms. The van der Waals surface area contributed by atoms with Gasteiger partial charge in [0.1, 0.15) is 0 Å². The van der Waals surface area contributed by atoms with E-state index in [4.69, 9.17) is 5.11 Å². The van der Waals surface area contributed by atoms with Gasteiger partial charge in [0.05, 0.1) is 6.61 Å². The Bertz CT molecular complexity index is 145. The van der Waals surface area contributed by atoms with Crippen LogP contribution in [0.25, 0.3) is 0 Å². The fraction of sp³-hybridized carbons (Fsp3) is 0.818. The Balaban J connectivity index is 3.63. The van der Waals surface area contributed by atoms with Gasteiger partial charge in [-0.2, -0.15) is 0 Å². The van der Waals surface area contributed by atoms with Gasteiger partial charge >= 0.3 is 0 Å². The van der Waals surface area contributed by atoms with Gasteiger partial charge < -0.3 is 5.11 Å². The number of aliphatic hydroxyl groups excluding tert-OH is 1. The second-order valence-electron chi connectivity index (χ2n) is 4.00. The lowest BCUT2D eigenvalue weighted by atomic mass is 10.0. The lowest BCUT2D eigenvalue weighted by Crippen LogP contribution is -1.92. The first kappa shape index (κ1) is 11.7. The van der Waals surface area contributed by atoms with Crippen LogP contribution in [-0.2, 0) is 0 Å². The topological polar surface area (TPSA) is 20.2 Å². The second-order valence-corrected chi connectivity index (χ2v) is 4.00. The number of allylic oxidation sites excluding steroid dienone is 1. The number of rotatable bonds is 5. The van der Waals surface area contributed by atoms with Gasteiger partial charge in [-0.15, -0.1) is 0 Å². The molecule has 0 aromatic heterocycles. The molecule has 0 bridgehead atoms. The minimum atomic E-state index is 0.216. The molecular weight excluding hydrogens is 148 g/mol. The predicted molar refractivity (Wildman–Crippen MR) is 54.1 cm³/mol. The zero-order chi connectivity index (χ0) is 9.56. The maximum atomic E-state index is 8.86. The molecule has 0 heterocycles. The molecule has 0 aromatic carbocycles. The predicted octanol–water partition coefficient (Wildman–Crippen LogP) is 3.14. The third-order valence-corrected chi connectivity index (χ3v) is 2.30. The van der Waals surface area contributed by atoms with E-state index in [1.807, 2.05) is 6.92 Å². The van der Waals surface area contributed by atoms with Crippen molar-refractivity contribution < 1.29 is 5.11 Å². The first-order valence-corrected chi connectivity index (χ1v) is 4.84.